The second-order valence-corrected chi connectivity index (χ2v) is 6.41. The maximum atomic E-state index is 12.8. The van der Waals surface area contributed by atoms with Gasteiger partial charge in [0.05, 0.1) is 11.0 Å². The van der Waals surface area contributed by atoms with Crippen LogP contribution in [0.1, 0.15) is 37.8 Å². The number of halogens is 3. The number of nitrogens with zero attached hydrogens (tertiary/aromatic N) is 2. The minimum absolute atomic E-state index is 0.0369. The van der Waals surface area contributed by atoms with Crippen molar-refractivity contribution in [2.75, 3.05) is 5.32 Å². The highest BCUT2D eigenvalue weighted by molar-refractivity contribution is 5.97. The summed E-state index contributed by atoms with van der Waals surface area (Å²) in [5.41, 5.74) is -1.13. The Balaban J connectivity index is 2.02. The zero-order chi connectivity index (χ0) is 17.7. The van der Waals surface area contributed by atoms with E-state index in [2.05, 4.69) is 10.3 Å². The second kappa shape index (κ2) is 5.47. The van der Waals surface area contributed by atoms with Crippen LogP contribution < -0.4 is 5.32 Å². The lowest BCUT2D eigenvalue weighted by Crippen LogP contribution is -2.52. The maximum absolute atomic E-state index is 12.8. The van der Waals surface area contributed by atoms with Crippen LogP contribution in [-0.4, -0.2) is 32.3 Å². The van der Waals surface area contributed by atoms with Crippen molar-refractivity contribution in [2.45, 2.75) is 50.9 Å². The van der Waals surface area contributed by atoms with Crippen LogP contribution in [0.15, 0.2) is 18.2 Å². The first-order valence-corrected chi connectivity index (χ1v) is 7.70. The molecule has 1 aliphatic rings. The lowest BCUT2D eigenvalue weighted by atomic mass is 9.92. The number of fused-ring (bicyclic) bond motifs is 1. The smallest absolute Gasteiger partial charge is 0.373 e. The number of alkyl halides is 3. The standard InChI is InChI=1S/C16H18F3N3O2/c1-9-6-7-11-12(8-9)22(10-4-3-5-10)14(20-11)21-13(23)15(2,24)16(17,18)19/h6-8,10,24H,3-5H2,1-2H3,(H,20,21,23)/t15-/m1/s1. The van der Waals surface area contributed by atoms with E-state index in [0.717, 1.165) is 30.3 Å². The number of imidazole rings is 1. The van der Waals surface area contributed by atoms with E-state index in [-0.39, 0.29) is 12.0 Å². The van der Waals surface area contributed by atoms with E-state index in [9.17, 15) is 23.1 Å². The Morgan fingerprint density at radius 1 is 1.38 bits per heavy atom. The van der Waals surface area contributed by atoms with Crippen molar-refractivity contribution >= 4 is 22.9 Å². The van der Waals surface area contributed by atoms with Crippen molar-refractivity contribution in [3.63, 3.8) is 0 Å². The Bertz CT molecular complexity index is 792. The van der Waals surface area contributed by atoms with Crippen LogP contribution in [0.2, 0.25) is 0 Å². The molecule has 1 aliphatic carbocycles. The average Bonchev–Trinajstić information content (AvgIpc) is 2.74. The van der Waals surface area contributed by atoms with E-state index in [0.29, 0.717) is 12.4 Å². The van der Waals surface area contributed by atoms with Crippen LogP contribution >= 0.6 is 0 Å². The number of rotatable bonds is 3. The summed E-state index contributed by atoms with van der Waals surface area (Å²) in [7, 11) is 0. The average molecular weight is 341 g/mol. The maximum Gasteiger partial charge on any atom is 0.426 e. The number of nitrogens with one attached hydrogen (secondary N) is 1. The second-order valence-electron chi connectivity index (χ2n) is 6.41. The normalized spacial score (nSPS) is 18.2. The predicted molar refractivity (Wildman–Crippen MR) is 82.7 cm³/mol. The predicted octanol–water partition coefficient (Wildman–Crippen LogP) is 3.32. The summed E-state index contributed by atoms with van der Waals surface area (Å²) in [6.07, 6.45) is -2.30. The minimum atomic E-state index is -5.07. The molecule has 0 saturated heterocycles. The van der Waals surface area contributed by atoms with Gasteiger partial charge in [-0.3, -0.25) is 10.1 Å². The van der Waals surface area contributed by atoms with Crippen LogP contribution in [0, 0.1) is 6.92 Å². The van der Waals surface area contributed by atoms with Gasteiger partial charge in [0.15, 0.2) is 0 Å². The molecule has 1 aromatic carbocycles. The number of hydrogen-bond donors (Lipinski definition) is 2. The molecule has 1 heterocycles. The van der Waals surface area contributed by atoms with Gasteiger partial charge in [-0.15, -0.1) is 0 Å². The molecule has 3 rings (SSSR count). The molecule has 0 bridgehead atoms. The number of amides is 1. The van der Waals surface area contributed by atoms with Gasteiger partial charge in [-0.2, -0.15) is 13.2 Å². The van der Waals surface area contributed by atoms with Gasteiger partial charge < -0.3 is 9.67 Å². The van der Waals surface area contributed by atoms with Gasteiger partial charge in [-0.1, -0.05) is 6.07 Å². The zero-order valence-corrected chi connectivity index (χ0v) is 13.3. The van der Waals surface area contributed by atoms with Crippen molar-refractivity contribution in [1.29, 1.82) is 0 Å². The number of benzene rings is 1. The molecule has 5 nitrogen and oxygen atoms in total. The first-order chi connectivity index (χ1) is 11.1. The third-order valence-corrected chi connectivity index (χ3v) is 4.50. The van der Waals surface area contributed by atoms with Gasteiger partial charge >= 0.3 is 6.18 Å². The highest BCUT2D eigenvalue weighted by Gasteiger charge is 2.56. The molecule has 8 heteroatoms. The molecule has 1 fully saturated rings. The van der Waals surface area contributed by atoms with Gasteiger partial charge in [0.25, 0.3) is 5.91 Å². The van der Waals surface area contributed by atoms with E-state index in [4.69, 9.17) is 0 Å². The fourth-order valence-corrected chi connectivity index (χ4v) is 2.66. The molecular weight excluding hydrogens is 323 g/mol. The topological polar surface area (TPSA) is 67.2 Å². The van der Waals surface area contributed by atoms with Gasteiger partial charge in [0, 0.05) is 6.04 Å². The Morgan fingerprint density at radius 2 is 2.04 bits per heavy atom. The Hall–Kier alpha value is -2.09. The zero-order valence-electron chi connectivity index (χ0n) is 13.3. The number of hydrogen-bond acceptors (Lipinski definition) is 3. The molecule has 2 aromatic rings. The quantitative estimate of drug-likeness (QED) is 0.900. The number of anilines is 1. The first-order valence-electron chi connectivity index (χ1n) is 7.70. The Morgan fingerprint density at radius 3 is 2.58 bits per heavy atom. The van der Waals surface area contributed by atoms with E-state index in [1.54, 1.807) is 10.6 Å². The summed E-state index contributed by atoms with van der Waals surface area (Å²) >= 11 is 0. The highest BCUT2D eigenvalue weighted by Crippen LogP contribution is 2.38. The van der Waals surface area contributed by atoms with Crippen LogP contribution in [0.3, 0.4) is 0 Å². The number of carbonyl (C=O) groups excluding carboxylic acids is 1. The first kappa shape index (κ1) is 16.8. The molecule has 0 unspecified atom stereocenters. The lowest BCUT2D eigenvalue weighted by Gasteiger charge is -2.30. The molecule has 1 amide bonds. The Kier molecular flexibility index (Phi) is 3.82. The molecule has 24 heavy (non-hydrogen) atoms. The fraction of sp³-hybridized carbons (Fsp3) is 0.500. The third-order valence-electron chi connectivity index (χ3n) is 4.50. The molecule has 1 saturated carbocycles. The minimum Gasteiger partial charge on any atom is -0.373 e. The summed E-state index contributed by atoms with van der Waals surface area (Å²) in [6, 6.07) is 5.58. The van der Waals surface area contributed by atoms with Crippen LogP contribution in [-0.2, 0) is 4.79 Å². The number of carbonyl (C=O) groups is 1. The van der Waals surface area contributed by atoms with Crippen LogP contribution in [0.25, 0.3) is 11.0 Å². The van der Waals surface area contributed by atoms with E-state index in [1.165, 1.54) is 0 Å². The monoisotopic (exact) mass is 341 g/mol. The largest absolute Gasteiger partial charge is 0.426 e. The SMILES string of the molecule is Cc1ccc2nc(NC(=O)[C@@](C)(O)C(F)(F)F)n(C3CCC3)c2c1. The van der Waals surface area contributed by atoms with Crippen molar-refractivity contribution < 1.29 is 23.1 Å². The summed E-state index contributed by atoms with van der Waals surface area (Å²) < 4.78 is 40.3. The molecule has 2 N–H and O–H groups in total. The molecule has 1 aromatic heterocycles. The van der Waals surface area contributed by atoms with Gasteiger partial charge in [0.2, 0.25) is 11.5 Å². The summed E-state index contributed by atoms with van der Waals surface area (Å²) in [5, 5.41) is 11.7. The molecular formula is C16H18F3N3O2. The molecule has 1 atom stereocenters. The van der Waals surface area contributed by atoms with Crippen molar-refractivity contribution in [3.8, 4) is 0 Å². The number of aromatic nitrogens is 2. The Labute approximate surface area is 136 Å². The van der Waals surface area contributed by atoms with Crippen molar-refractivity contribution in [1.82, 2.24) is 9.55 Å². The van der Waals surface area contributed by atoms with E-state index >= 15 is 0 Å². The molecule has 0 radical (unpaired) electrons. The molecule has 130 valence electrons. The van der Waals surface area contributed by atoms with E-state index in [1.807, 2.05) is 19.1 Å². The van der Waals surface area contributed by atoms with Gasteiger partial charge in [-0.25, -0.2) is 4.98 Å². The van der Waals surface area contributed by atoms with Crippen LogP contribution in [0.4, 0.5) is 19.1 Å². The van der Waals surface area contributed by atoms with Gasteiger partial charge in [0.1, 0.15) is 0 Å². The van der Waals surface area contributed by atoms with Crippen molar-refractivity contribution in [3.05, 3.63) is 23.8 Å². The van der Waals surface area contributed by atoms with Crippen molar-refractivity contribution in [2.24, 2.45) is 0 Å². The molecule has 0 aliphatic heterocycles. The van der Waals surface area contributed by atoms with E-state index < -0.39 is 17.7 Å². The number of aryl methyl sites for hydroxylation is 1. The number of aliphatic hydroxyl groups is 1. The summed E-state index contributed by atoms with van der Waals surface area (Å²) in [6.45, 7) is 2.34. The summed E-state index contributed by atoms with van der Waals surface area (Å²) in [5.74, 6) is -1.50. The third kappa shape index (κ3) is 2.64. The van der Waals surface area contributed by atoms with Gasteiger partial charge in [-0.05, 0) is 50.8 Å². The fourth-order valence-electron chi connectivity index (χ4n) is 2.66. The highest BCUT2D eigenvalue weighted by atomic mass is 19.4. The van der Waals surface area contributed by atoms with Crippen LogP contribution in [0.5, 0.6) is 0 Å². The summed E-state index contributed by atoms with van der Waals surface area (Å²) in [4.78, 5) is 16.2. The molecule has 0 spiro atoms. The lowest BCUT2D eigenvalue weighted by molar-refractivity contribution is -0.242.